The van der Waals surface area contributed by atoms with Gasteiger partial charge in [-0.3, -0.25) is 4.79 Å². The topological polar surface area (TPSA) is 32.3 Å². The third kappa shape index (κ3) is 3.18. The summed E-state index contributed by atoms with van der Waals surface area (Å²) in [5.74, 6) is -0.143. The molecule has 0 bridgehead atoms. The van der Waals surface area contributed by atoms with Gasteiger partial charge in [0.05, 0.1) is 6.54 Å². The van der Waals surface area contributed by atoms with Crippen LogP contribution >= 0.6 is 12.4 Å². The number of carbonyl (C=O) groups is 1. The molecule has 0 aromatic heterocycles. The van der Waals surface area contributed by atoms with Crippen molar-refractivity contribution in [2.45, 2.75) is 6.54 Å². The van der Waals surface area contributed by atoms with Crippen molar-refractivity contribution in [3.63, 3.8) is 0 Å². The van der Waals surface area contributed by atoms with E-state index < -0.39 is 0 Å². The zero-order valence-electron chi connectivity index (χ0n) is 8.78. The molecule has 16 heavy (non-hydrogen) atoms. The number of hydrogen-bond acceptors (Lipinski definition) is 2. The second-order valence-electron chi connectivity index (χ2n) is 3.62. The van der Waals surface area contributed by atoms with Crippen LogP contribution in [0.25, 0.3) is 0 Å². The summed E-state index contributed by atoms with van der Waals surface area (Å²) in [6.07, 6.45) is 0. The van der Waals surface area contributed by atoms with Crippen LogP contribution in [-0.4, -0.2) is 30.4 Å². The van der Waals surface area contributed by atoms with E-state index in [4.69, 9.17) is 0 Å². The van der Waals surface area contributed by atoms with Gasteiger partial charge in [0, 0.05) is 19.6 Å². The minimum absolute atomic E-state index is 0. The Morgan fingerprint density at radius 2 is 2.00 bits per heavy atom. The normalized spacial score (nSPS) is 15.8. The number of carbonyl (C=O) groups excluding carboxylic acids is 1. The molecular weight excluding hydrogens is 231 g/mol. The Kier molecular flexibility index (Phi) is 4.71. The minimum atomic E-state index is -0.245. The van der Waals surface area contributed by atoms with Crippen LogP contribution in [0.1, 0.15) is 5.56 Å². The molecule has 0 saturated carbocycles. The molecule has 0 aliphatic carbocycles. The van der Waals surface area contributed by atoms with E-state index in [0.717, 1.165) is 18.7 Å². The van der Waals surface area contributed by atoms with Crippen LogP contribution in [0.2, 0.25) is 0 Å². The number of rotatable bonds is 2. The summed E-state index contributed by atoms with van der Waals surface area (Å²) in [4.78, 5) is 13.2. The number of halogens is 2. The van der Waals surface area contributed by atoms with Gasteiger partial charge in [-0.15, -0.1) is 12.4 Å². The third-order valence-corrected chi connectivity index (χ3v) is 2.47. The lowest BCUT2D eigenvalue weighted by Gasteiger charge is -2.27. The van der Waals surface area contributed by atoms with Crippen LogP contribution in [0, 0.1) is 5.82 Å². The van der Waals surface area contributed by atoms with Gasteiger partial charge >= 0.3 is 0 Å². The lowest BCUT2D eigenvalue weighted by molar-refractivity contribution is -0.132. The molecule has 2 rings (SSSR count). The molecule has 0 unspecified atom stereocenters. The maximum Gasteiger partial charge on any atom is 0.236 e. The second kappa shape index (κ2) is 5.82. The highest BCUT2D eigenvalue weighted by Crippen LogP contribution is 2.07. The summed E-state index contributed by atoms with van der Waals surface area (Å²) < 4.78 is 12.7. The molecule has 1 N–H and O–H groups in total. The van der Waals surface area contributed by atoms with Crippen molar-refractivity contribution < 1.29 is 9.18 Å². The van der Waals surface area contributed by atoms with Gasteiger partial charge in [0.2, 0.25) is 5.91 Å². The highest BCUT2D eigenvalue weighted by atomic mass is 35.5. The lowest BCUT2D eigenvalue weighted by atomic mass is 10.2. The van der Waals surface area contributed by atoms with Crippen LogP contribution < -0.4 is 5.32 Å². The van der Waals surface area contributed by atoms with E-state index in [1.165, 1.54) is 12.1 Å². The molecule has 1 fully saturated rings. The predicted octanol–water partition coefficient (Wildman–Crippen LogP) is 1.18. The summed E-state index contributed by atoms with van der Waals surface area (Å²) in [5.41, 5.74) is 0.964. The first-order valence-electron chi connectivity index (χ1n) is 4.98. The molecule has 88 valence electrons. The lowest BCUT2D eigenvalue weighted by Crippen LogP contribution is -2.47. The highest BCUT2D eigenvalue weighted by Gasteiger charge is 2.17. The van der Waals surface area contributed by atoms with Crippen molar-refractivity contribution in [1.82, 2.24) is 10.2 Å². The molecule has 3 nitrogen and oxygen atoms in total. The average Bonchev–Trinajstić information content (AvgIpc) is 2.25. The van der Waals surface area contributed by atoms with Crippen molar-refractivity contribution in [2.75, 3.05) is 19.6 Å². The second-order valence-corrected chi connectivity index (χ2v) is 3.62. The van der Waals surface area contributed by atoms with Gasteiger partial charge in [-0.1, -0.05) is 12.1 Å². The van der Waals surface area contributed by atoms with E-state index in [0.29, 0.717) is 13.1 Å². The highest BCUT2D eigenvalue weighted by molar-refractivity contribution is 5.85. The van der Waals surface area contributed by atoms with E-state index in [9.17, 15) is 9.18 Å². The summed E-state index contributed by atoms with van der Waals surface area (Å²) in [7, 11) is 0. The maximum absolute atomic E-state index is 12.7. The van der Waals surface area contributed by atoms with Gasteiger partial charge < -0.3 is 10.2 Å². The quantitative estimate of drug-likeness (QED) is 0.847. The Labute approximate surface area is 100 Å². The Balaban J connectivity index is 0.00000128. The zero-order valence-corrected chi connectivity index (χ0v) is 9.60. The van der Waals surface area contributed by atoms with Gasteiger partial charge in [-0.05, 0) is 17.7 Å². The largest absolute Gasteiger partial charge is 0.336 e. The molecule has 0 radical (unpaired) electrons. The Hall–Kier alpha value is -1.13. The molecule has 1 aromatic rings. The minimum Gasteiger partial charge on any atom is -0.336 e. The van der Waals surface area contributed by atoms with Gasteiger partial charge in [0.25, 0.3) is 0 Å². The number of piperazine rings is 1. The van der Waals surface area contributed by atoms with Crippen molar-refractivity contribution in [2.24, 2.45) is 0 Å². The molecular formula is C11H14ClFN2O. The Morgan fingerprint density at radius 1 is 1.31 bits per heavy atom. The van der Waals surface area contributed by atoms with E-state index in [1.54, 1.807) is 17.0 Å². The van der Waals surface area contributed by atoms with E-state index in [-0.39, 0.29) is 24.1 Å². The predicted molar refractivity (Wildman–Crippen MR) is 61.9 cm³/mol. The molecule has 1 aliphatic rings. The fourth-order valence-electron chi connectivity index (χ4n) is 1.62. The fraction of sp³-hybridized carbons (Fsp3) is 0.364. The maximum atomic E-state index is 12.7. The SMILES string of the molecule is Cl.O=C1CNCCN1Cc1ccc(F)cc1. The van der Waals surface area contributed by atoms with Crippen molar-refractivity contribution in [3.05, 3.63) is 35.6 Å². The van der Waals surface area contributed by atoms with Crippen molar-refractivity contribution in [1.29, 1.82) is 0 Å². The van der Waals surface area contributed by atoms with Gasteiger partial charge in [-0.25, -0.2) is 4.39 Å². The molecule has 1 saturated heterocycles. The standard InChI is InChI=1S/C11H13FN2O.ClH/c12-10-3-1-9(2-4-10)8-14-6-5-13-7-11(14)15;/h1-4,13H,5-8H2;1H. The molecule has 1 heterocycles. The van der Waals surface area contributed by atoms with Crippen LogP contribution in [-0.2, 0) is 11.3 Å². The molecule has 5 heteroatoms. The summed E-state index contributed by atoms with van der Waals surface area (Å²) in [6.45, 7) is 2.52. The van der Waals surface area contributed by atoms with Crippen LogP contribution in [0.5, 0.6) is 0 Å². The fourth-order valence-corrected chi connectivity index (χ4v) is 1.62. The first-order valence-corrected chi connectivity index (χ1v) is 4.98. The molecule has 0 spiro atoms. The average molecular weight is 245 g/mol. The summed E-state index contributed by atoms with van der Waals surface area (Å²) in [5, 5.41) is 3.01. The van der Waals surface area contributed by atoms with Crippen LogP contribution in [0.4, 0.5) is 4.39 Å². The van der Waals surface area contributed by atoms with E-state index in [2.05, 4.69) is 5.32 Å². The van der Waals surface area contributed by atoms with Crippen LogP contribution in [0.15, 0.2) is 24.3 Å². The summed E-state index contributed by atoms with van der Waals surface area (Å²) in [6, 6.07) is 6.26. The van der Waals surface area contributed by atoms with Gasteiger partial charge in [0.1, 0.15) is 5.82 Å². The van der Waals surface area contributed by atoms with E-state index in [1.807, 2.05) is 0 Å². The number of nitrogens with one attached hydrogen (secondary N) is 1. The monoisotopic (exact) mass is 244 g/mol. The van der Waals surface area contributed by atoms with Crippen LogP contribution in [0.3, 0.4) is 0 Å². The third-order valence-electron chi connectivity index (χ3n) is 2.47. The first kappa shape index (κ1) is 12.9. The summed E-state index contributed by atoms with van der Waals surface area (Å²) >= 11 is 0. The number of nitrogens with zero attached hydrogens (tertiary/aromatic N) is 1. The number of amides is 1. The Bertz CT molecular complexity index is 356. The molecule has 0 atom stereocenters. The smallest absolute Gasteiger partial charge is 0.236 e. The number of benzene rings is 1. The number of hydrogen-bond donors (Lipinski definition) is 1. The van der Waals surface area contributed by atoms with Crippen molar-refractivity contribution in [3.8, 4) is 0 Å². The Morgan fingerprint density at radius 3 is 2.62 bits per heavy atom. The zero-order chi connectivity index (χ0) is 10.7. The van der Waals surface area contributed by atoms with Crippen molar-refractivity contribution >= 4 is 18.3 Å². The van der Waals surface area contributed by atoms with Gasteiger partial charge in [-0.2, -0.15) is 0 Å². The molecule has 1 aliphatic heterocycles. The van der Waals surface area contributed by atoms with Gasteiger partial charge in [0.15, 0.2) is 0 Å². The molecule has 1 amide bonds. The molecule has 1 aromatic carbocycles. The first-order chi connectivity index (χ1) is 7.25. The van der Waals surface area contributed by atoms with E-state index >= 15 is 0 Å².